The number of hydrogen-bond donors (Lipinski definition) is 0. The summed E-state index contributed by atoms with van der Waals surface area (Å²) < 4.78 is 13.3. The molecule has 0 unspecified atom stereocenters. The fourth-order valence-electron chi connectivity index (χ4n) is 3.38. The van der Waals surface area contributed by atoms with Crippen LogP contribution in [0.3, 0.4) is 0 Å². The van der Waals surface area contributed by atoms with Crippen LogP contribution in [0.15, 0.2) is 18.2 Å². The lowest BCUT2D eigenvalue weighted by Crippen LogP contribution is -2.37. The molecule has 2 aliphatic rings. The second-order valence-electron chi connectivity index (χ2n) is 5.01. The molecule has 0 radical (unpaired) electrons. The van der Waals surface area contributed by atoms with Crippen LogP contribution in [0, 0.1) is 5.82 Å². The predicted molar refractivity (Wildman–Crippen MR) is 59.9 cm³/mol. The molecule has 2 aliphatic carbocycles. The van der Waals surface area contributed by atoms with Crippen molar-refractivity contribution in [1.29, 1.82) is 0 Å². The van der Waals surface area contributed by atoms with Gasteiger partial charge in [0.2, 0.25) is 0 Å². The molecule has 1 spiro atoms. The summed E-state index contributed by atoms with van der Waals surface area (Å²) in [6.07, 6.45) is 5.46. The number of fused-ring (bicyclic) bond motifs is 2. The van der Waals surface area contributed by atoms with Gasteiger partial charge in [0.1, 0.15) is 11.6 Å². The van der Waals surface area contributed by atoms with E-state index in [9.17, 15) is 9.18 Å². The molecule has 1 aromatic carbocycles. The number of ketones is 1. The first-order chi connectivity index (χ1) is 7.72. The number of halogens is 1. The van der Waals surface area contributed by atoms with E-state index in [1.54, 1.807) is 6.07 Å². The molecule has 1 aromatic rings. The zero-order chi connectivity index (χ0) is 11.2. The summed E-state index contributed by atoms with van der Waals surface area (Å²) in [4.78, 5) is 12.2. The molecule has 0 heterocycles. The van der Waals surface area contributed by atoms with E-state index < -0.39 is 0 Å². The molecule has 0 saturated heterocycles. The van der Waals surface area contributed by atoms with Crippen LogP contribution in [0.4, 0.5) is 4.39 Å². The number of Topliss-reactive ketones (excluding diaryl/α,β-unsaturated/α-hetero) is 1. The van der Waals surface area contributed by atoms with Gasteiger partial charge >= 0.3 is 0 Å². The Hall–Kier alpha value is -1.18. The van der Waals surface area contributed by atoms with Crippen molar-refractivity contribution in [2.24, 2.45) is 0 Å². The van der Waals surface area contributed by atoms with Crippen molar-refractivity contribution in [2.75, 3.05) is 0 Å². The van der Waals surface area contributed by atoms with Gasteiger partial charge in [0.25, 0.3) is 0 Å². The standard InChI is InChI=1S/C14H15FO/c15-11-5-3-10-4-6-13(16)14(12(10)9-11)7-1-2-8-14/h3,5,9H,1-2,4,6-8H2. The molecule has 16 heavy (non-hydrogen) atoms. The van der Waals surface area contributed by atoms with Crippen LogP contribution < -0.4 is 0 Å². The summed E-state index contributed by atoms with van der Waals surface area (Å²) in [6, 6.07) is 4.96. The van der Waals surface area contributed by atoms with E-state index in [1.165, 1.54) is 11.6 Å². The van der Waals surface area contributed by atoms with E-state index >= 15 is 0 Å². The van der Waals surface area contributed by atoms with Crippen LogP contribution in [0.25, 0.3) is 0 Å². The number of rotatable bonds is 0. The molecular weight excluding hydrogens is 203 g/mol. The Kier molecular flexibility index (Phi) is 2.13. The van der Waals surface area contributed by atoms with E-state index in [4.69, 9.17) is 0 Å². The summed E-state index contributed by atoms with van der Waals surface area (Å²) in [5.74, 6) is 0.128. The number of carbonyl (C=O) groups excluding carboxylic acids is 1. The molecule has 3 rings (SSSR count). The minimum Gasteiger partial charge on any atom is -0.299 e. The largest absolute Gasteiger partial charge is 0.299 e. The van der Waals surface area contributed by atoms with Gasteiger partial charge in [-0.25, -0.2) is 4.39 Å². The van der Waals surface area contributed by atoms with Crippen molar-refractivity contribution in [3.8, 4) is 0 Å². The lowest BCUT2D eigenvalue weighted by molar-refractivity contribution is -0.125. The molecule has 1 saturated carbocycles. The van der Waals surface area contributed by atoms with Crippen molar-refractivity contribution < 1.29 is 9.18 Å². The van der Waals surface area contributed by atoms with Gasteiger partial charge in [-0.3, -0.25) is 4.79 Å². The van der Waals surface area contributed by atoms with Gasteiger partial charge in [-0.15, -0.1) is 0 Å². The van der Waals surface area contributed by atoms with Crippen LogP contribution in [0.2, 0.25) is 0 Å². The summed E-state index contributed by atoms with van der Waals surface area (Å²) in [7, 11) is 0. The van der Waals surface area contributed by atoms with Crippen LogP contribution in [-0.4, -0.2) is 5.78 Å². The maximum absolute atomic E-state index is 13.3. The molecule has 0 atom stereocenters. The van der Waals surface area contributed by atoms with E-state index in [0.29, 0.717) is 12.2 Å². The highest BCUT2D eigenvalue weighted by molar-refractivity contribution is 5.92. The van der Waals surface area contributed by atoms with Crippen molar-refractivity contribution in [2.45, 2.75) is 43.9 Å². The third-order valence-electron chi connectivity index (χ3n) is 4.20. The Labute approximate surface area is 94.7 Å². The average Bonchev–Trinajstić information content (AvgIpc) is 2.75. The lowest BCUT2D eigenvalue weighted by Gasteiger charge is -2.34. The van der Waals surface area contributed by atoms with Crippen molar-refractivity contribution in [1.82, 2.24) is 0 Å². The zero-order valence-corrected chi connectivity index (χ0v) is 9.26. The van der Waals surface area contributed by atoms with Crippen molar-refractivity contribution in [3.05, 3.63) is 35.1 Å². The molecule has 2 heteroatoms. The molecule has 0 amide bonds. The first kappa shape index (κ1) is 10.0. The van der Waals surface area contributed by atoms with Gasteiger partial charge < -0.3 is 0 Å². The fraction of sp³-hybridized carbons (Fsp3) is 0.500. The normalized spacial score (nSPS) is 22.4. The molecular formula is C14H15FO. The summed E-state index contributed by atoms with van der Waals surface area (Å²) in [5.41, 5.74) is 1.85. The number of aryl methyl sites for hydroxylation is 1. The molecule has 1 fully saturated rings. The fourth-order valence-corrected chi connectivity index (χ4v) is 3.38. The first-order valence-electron chi connectivity index (χ1n) is 6.05. The Morgan fingerprint density at radius 2 is 1.88 bits per heavy atom. The smallest absolute Gasteiger partial charge is 0.143 e. The highest BCUT2D eigenvalue weighted by atomic mass is 19.1. The molecule has 0 bridgehead atoms. The van der Waals surface area contributed by atoms with E-state index in [0.717, 1.165) is 37.7 Å². The summed E-state index contributed by atoms with van der Waals surface area (Å²) in [6.45, 7) is 0. The predicted octanol–water partition coefficient (Wildman–Crippen LogP) is 3.15. The molecule has 1 nitrogen and oxygen atoms in total. The highest BCUT2D eigenvalue weighted by Gasteiger charge is 2.45. The Bertz CT molecular complexity index is 444. The number of carbonyl (C=O) groups is 1. The molecule has 0 aliphatic heterocycles. The van der Waals surface area contributed by atoms with Crippen molar-refractivity contribution >= 4 is 5.78 Å². The molecule has 84 valence electrons. The van der Waals surface area contributed by atoms with Gasteiger partial charge in [0.05, 0.1) is 5.41 Å². The zero-order valence-electron chi connectivity index (χ0n) is 9.26. The maximum atomic E-state index is 13.3. The van der Waals surface area contributed by atoms with E-state index in [2.05, 4.69) is 0 Å². The monoisotopic (exact) mass is 218 g/mol. The van der Waals surface area contributed by atoms with Crippen LogP contribution >= 0.6 is 0 Å². The second kappa shape index (κ2) is 3.41. The quantitative estimate of drug-likeness (QED) is 0.653. The topological polar surface area (TPSA) is 17.1 Å². The minimum atomic E-state index is -0.324. The highest BCUT2D eigenvalue weighted by Crippen LogP contribution is 2.46. The summed E-state index contributed by atoms with van der Waals surface area (Å²) in [5, 5.41) is 0. The van der Waals surface area contributed by atoms with E-state index in [1.807, 2.05) is 6.07 Å². The third kappa shape index (κ3) is 1.25. The van der Waals surface area contributed by atoms with Gasteiger partial charge in [-0.1, -0.05) is 18.9 Å². The minimum absolute atomic E-state index is 0.209. The Morgan fingerprint density at radius 1 is 1.12 bits per heavy atom. The number of benzene rings is 1. The van der Waals surface area contributed by atoms with Gasteiger partial charge in [0.15, 0.2) is 0 Å². The van der Waals surface area contributed by atoms with Crippen molar-refractivity contribution in [3.63, 3.8) is 0 Å². The van der Waals surface area contributed by atoms with Gasteiger partial charge in [0, 0.05) is 6.42 Å². The lowest BCUT2D eigenvalue weighted by atomic mass is 9.68. The van der Waals surface area contributed by atoms with Gasteiger partial charge in [-0.05, 0) is 42.5 Å². The van der Waals surface area contributed by atoms with Crippen LogP contribution in [0.1, 0.15) is 43.2 Å². The number of hydrogen-bond acceptors (Lipinski definition) is 1. The first-order valence-corrected chi connectivity index (χ1v) is 6.05. The summed E-state index contributed by atoms with van der Waals surface area (Å²) >= 11 is 0. The van der Waals surface area contributed by atoms with Gasteiger partial charge in [-0.2, -0.15) is 0 Å². The van der Waals surface area contributed by atoms with Crippen LogP contribution in [-0.2, 0) is 16.6 Å². The van der Waals surface area contributed by atoms with E-state index in [-0.39, 0.29) is 11.2 Å². The molecule has 0 aromatic heterocycles. The molecule has 0 N–H and O–H groups in total. The van der Waals surface area contributed by atoms with Crippen LogP contribution in [0.5, 0.6) is 0 Å². The Balaban J connectivity index is 2.19. The third-order valence-corrected chi connectivity index (χ3v) is 4.20. The maximum Gasteiger partial charge on any atom is 0.143 e. The Morgan fingerprint density at radius 3 is 2.62 bits per heavy atom. The average molecular weight is 218 g/mol. The SMILES string of the molecule is O=C1CCc2ccc(F)cc2C12CCCC2. The second-order valence-corrected chi connectivity index (χ2v) is 5.01.